The van der Waals surface area contributed by atoms with Crippen molar-refractivity contribution in [1.82, 2.24) is 5.32 Å². The number of nitrogens with one attached hydrogen (secondary N) is 1. The maximum atomic E-state index is 11.9. The van der Waals surface area contributed by atoms with Gasteiger partial charge in [-0.1, -0.05) is 42.6 Å². The summed E-state index contributed by atoms with van der Waals surface area (Å²) in [6, 6.07) is 0. The summed E-state index contributed by atoms with van der Waals surface area (Å²) < 4.78 is 0. The number of amides is 1. The summed E-state index contributed by atoms with van der Waals surface area (Å²) in [6.07, 6.45) is 5.57. The molecule has 0 spiro atoms. The average molecular weight is 262 g/mol. The van der Waals surface area contributed by atoms with E-state index in [1.165, 1.54) is 12.8 Å². The molecule has 0 aromatic carbocycles. The van der Waals surface area contributed by atoms with Crippen molar-refractivity contribution in [2.45, 2.75) is 50.8 Å². The summed E-state index contributed by atoms with van der Waals surface area (Å²) in [5.41, 5.74) is -0.0829. The van der Waals surface area contributed by atoms with Gasteiger partial charge in [-0.05, 0) is 19.3 Å². The number of rotatable bonds is 4. The summed E-state index contributed by atoms with van der Waals surface area (Å²) in [6.45, 7) is 4.96. The van der Waals surface area contributed by atoms with Crippen LogP contribution in [0.3, 0.4) is 0 Å². The second kappa shape index (κ2) is 5.15. The highest BCUT2D eigenvalue weighted by atomic mass is 79.9. The molecule has 0 saturated heterocycles. The Balaban J connectivity index is 2.34. The predicted octanol–water partition coefficient (Wildman–Crippen LogP) is 2.86. The van der Waals surface area contributed by atoms with Crippen molar-refractivity contribution in [2.24, 2.45) is 5.41 Å². The molecule has 0 heterocycles. The molecule has 1 aliphatic carbocycles. The van der Waals surface area contributed by atoms with Crippen LogP contribution < -0.4 is 5.32 Å². The molecule has 1 atom stereocenters. The Morgan fingerprint density at radius 3 is 2.57 bits per heavy atom. The quantitative estimate of drug-likeness (QED) is 0.775. The van der Waals surface area contributed by atoms with Crippen LogP contribution >= 0.6 is 15.9 Å². The summed E-state index contributed by atoms with van der Waals surface area (Å²) in [7, 11) is 0. The summed E-state index contributed by atoms with van der Waals surface area (Å²) >= 11 is 3.52. The molecule has 1 fully saturated rings. The van der Waals surface area contributed by atoms with E-state index in [2.05, 4.69) is 35.1 Å². The maximum Gasteiger partial charge on any atom is 0.225 e. The van der Waals surface area contributed by atoms with E-state index < -0.39 is 0 Å². The van der Waals surface area contributed by atoms with E-state index in [1.807, 2.05) is 0 Å². The lowest BCUT2D eigenvalue weighted by Crippen LogP contribution is -2.39. The van der Waals surface area contributed by atoms with Crippen molar-refractivity contribution in [3.63, 3.8) is 0 Å². The van der Waals surface area contributed by atoms with Crippen LogP contribution in [0.2, 0.25) is 0 Å². The van der Waals surface area contributed by atoms with E-state index in [4.69, 9.17) is 0 Å². The Hall–Kier alpha value is -0.0500. The first-order chi connectivity index (χ1) is 6.58. The van der Waals surface area contributed by atoms with Gasteiger partial charge in [0.15, 0.2) is 0 Å². The Morgan fingerprint density at radius 2 is 2.07 bits per heavy atom. The Morgan fingerprint density at radius 1 is 1.50 bits per heavy atom. The third kappa shape index (κ3) is 2.97. The first kappa shape index (κ1) is 12.0. The molecule has 0 aromatic rings. The standard InChI is InChI=1S/C11H20BrNO/c1-3-9(12)8-13-10(14)11(2)6-4-5-7-11/h9H,3-8H2,1-2H3,(H,13,14). The molecular weight excluding hydrogens is 242 g/mol. The minimum Gasteiger partial charge on any atom is -0.355 e. The maximum absolute atomic E-state index is 11.9. The van der Waals surface area contributed by atoms with Gasteiger partial charge < -0.3 is 5.32 Å². The monoisotopic (exact) mass is 261 g/mol. The lowest BCUT2D eigenvalue weighted by molar-refractivity contribution is -0.129. The minimum absolute atomic E-state index is 0.0829. The van der Waals surface area contributed by atoms with Gasteiger partial charge in [0.05, 0.1) is 0 Å². The minimum atomic E-state index is -0.0829. The van der Waals surface area contributed by atoms with Crippen LogP contribution in [-0.4, -0.2) is 17.3 Å². The molecule has 14 heavy (non-hydrogen) atoms. The topological polar surface area (TPSA) is 29.1 Å². The zero-order chi connectivity index (χ0) is 10.6. The second-order valence-corrected chi connectivity index (χ2v) is 5.78. The number of halogens is 1. The summed E-state index contributed by atoms with van der Waals surface area (Å²) in [5.74, 6) is 0.243. The molecule has 1 unspecified atom stereocenters. The first-order valence-corrected chi connectivity index (χ1v) is 6.42. The van der Waals surface area contributed by atoms with Gasteiger partial charge in [0.25, 0.3) is 0 Å². The lowest BCUT2D eigenvalue weighted by Gasteiger charge is -2.23. The van der Waals surface area contributed by atoms with Gasteiger partial charge in [-0.3, -0.25) is 4.79 Å². The smallest absolute Gasteiger partial charge is 0.225 e. The van der Waals surface area contributed by atoms with Gasteiger partial charge in [-0.15, -0.1) is 0 Å². The molecule has 2 nitrogen and oxygen atoms in total. The summed E-state index contributed by atoms with van der Waals surface area (Å²) in [5, 5.41) is 3.03. The van der Waals surface area contributed by atoms with E-state index in [0.717, 1.165) is 25.8 Å². The molecule has 0 radical (unpaired) electrons. The fourth-order valence-electron chi connectivity index (χ4n) is 1.94. The van der Waals surface area contributed by atoms with Crippen LogP contribution in [0.5, 0.6) is 0 Å². The van der Waals surface area contributed by atoms with Crippen LogP contribution in [0.4, 0.5) is 0 Å². The Kier molecular flexibility index (Phi) is 4.42. The van der Waals surface area contributed by atoms with E-state index in [1.54, 1.807) is 0 Å². The highest BCUT2D eigenvalue weighted by Crippen LogP contribution is 2.37. The number of hydrogen-bond acceptors (Lipinski definition) is 1. The third-order valence-electron chi connectivity index (χ3n) is 3.18. The van der Waals surface area contributed by atoms with E-state index in [0.29, 0.717) is 4.83 Å². The molecule has 0 aliphatic heterocycles. The predicted molar refractivity (Wildman–Crippen MR) is 62.6 cm³/mol. The zero-order valence-electron chi connectivity index (χ0n) is 9.11. The van der Waals surface area contributed by atoms with Crippen molar-refractivity contribution in [2.75, 3.05) is 6.54 Å². The number of alkyl halides is 1. The van der Waals surface area contributed by atoms with Crippen LogP contribution in [0.25, 0.3) is 0 Å². The first-order valence-electron chi connectivity index (χ1n) is 5.51. The highest BCUT2D eigenvalue weighted by Gasteiger charge is 2.35. The van der Waals surface area contributed by atoms with E-state index in [9.17, 15) is 4.79 Å². The molecular formula is C11H20BrNO. The number of carbonyl (C=O) groups excluding carboxylic acids is 1. The third-order valence-corrected chi connectivity index (χ3v) is 4.15. The van der Waals surface area contributed by atoms with Gasteiger partial charge in [0.2, 0.25) is 5.91 Å². The van der Waals surface area contributed by atoms with Crippen LogP contribution in [0.15, 0.2) is 0 Å². The van der Waals surface area contributed by atoms with E-state index in [-0.39, 0.29) is 11.3 Å². The van der Waals surface area contributed by atoms with Crippen molar-refractivity contribution < 1.29 is 4.79 Å². The molecule has 1 saturated carbocycles. The molecule has 1 N–H and O–H groups in total. The Bertz CT molecular complexity index is 199. The van der Waals surface area contributed by atoms with Crippen molar-refractivity contribution in [1.29, 1.82) is 0 Å². The second-order valence-electron chi connectivity index (χ2n) is 4.48. The van der Waals surface area contributed by atoms with Gasteiger partial charge in [0.1, 0.15) is 0 Å². The van der Waals surface area contributed by atoms with Crippen LogP contribution in [0, 0.1) is 5.41 Å². The van der Waals surface area contributed by atoms with Crippen molar-refractivity contribution in [3.05, 3.63) is 0 Å². The van der Waals surface area contributed by atoms with Gasteiger partial charge >= 0.3 is 0 Å². The molecule has 82 valence electrons. The zero-order valence-corrected chi connectivity index (χ0v) is 10.7. The van der Waals surface area contributed by atoms with E-state index >= 15 is 0 Å². The molecule has 1 amide bonds. The molecule has 3 heteroatoms. The normalized spacial score (nSPS) is 21.9. The molecule has 0 bridgehead atoms. The van der Waals surface area contributed by atoms with Gasteiger partial charge in [-0.25, -0.2) is 0 Å². The lowest BCUT2D eigenvalue weighted by atomic mass is 9.88. The average Bonchev–Trinajstić information content (AvgIpc) is 2.62. The fourth-order valence-corrected chi connectivity index (χ4v) is 2.11. The summed E-state index contributed by atoms with van der Waals surface area (Å²) in [4.78, 5) is 12.3. The number of hydrogen-bond donors (Lipinski definition) is 1. The van der Waals surface area contributed by atoms with Crippen LogP contribution in [0.1, 0.15) is 46.0 Å². The molecule has 1 rings (SSSR count). The highest BCUT2D eigenvalue weighted by molar-refractivity contribution is 9.09. The Labute approximate surface area is 95.0 Å². The molecule has 1 aliphatic rings. The molecule has 0 aromatic heterocycles. The largest absolute Gasteiger partial charge is 0.355 e. The van der Waals surface area contributed by atoms with Crippen molar-refractivity contribution in [3.8, 4) is 0 Å². The van der Waals surface area contributed by atoms with Crippen molar-refractivity contribution >= 4 is 21.8 Å². The fraction of sp³-hybridized carbons (Fsp3) is 0.909. The van der Waals surface area contributed by atoms with Gasteiger partial charge in [0, 0.05) is 16.8 Å². The number of carbonyl (C=O) groups is 1. The van der Waals surface area contributed by atoms with Gasteiger partial charge in [-0.2, -0.15) is 0 Å². The van der Waals surface area contributed by atoms with Crippen LogP contribution in [-0.2, 0) is 4.79 Å². The SMILES string of the molecule is CCC(Br)CNC(=O)C1(C)CCCC1.